The fraction of sp³-hybridized carbons (Fsp3) is 0.0588. The molecule has 0 aliphatic carbocycles. The third-order valence-electron chi connectivity index (χ3n) is 3.50. The normalized spacial score (nSPS) is 11.0. The third-order valence-corrected chi connectivity index (χ3v) is 5.58. The molecule has 0 atom stereocenters. The zero-order chi connectivity index (χ0) is 18.8. The Balaban J connectivity index is 1.46. The zero-order valence-corrected chi connectivity index (χ0v) is 16.0. The lowest BCUT2D eigenvalue weighted by Crippen LogP contribution is -2.14. The average molecular weight is 420 g/mol. The van der Waals surface area contributed by atoms with Crippen molar-refractivity contribution in [1.29, 1.82) is 0 Å². The van der Waals surface area contributed by atoms with E-state index in [4.69, 9.17) is 11.6 Å². The van der Waals surface area contributed by atoms with E-state index in [1.165, 1.54) is 39.7 Å². The zero-order valence-electron chi connectivity index (χ0n) is 13.6. The van der Waals surface area contributed by atoms with Crippen LogP contribution in [0.5, 0.6) is 0 Å². The van der Waals surface area contributed by atoms with Crippen molar-refractivity contribution in [3.63, 3.8) is 0 Å². The van der Waals surface area contributed by atoms with Crippen LogP contribution in [0.4, 0.5) is 9.52 Å². The molecule has 0 bridgehead atoms. The Labute approximate surface area is 166 Å². The van der Waals surface area contributed by atoms with E-state index in [0.29, 0.717) is 26.5 Å². The van der Waals surface area contributed by atoms with E-state index in [9.17, 15) is 9.18 Å². The van der Waals surface area contributed by atoms with Gasteiger partial charge in [0.1, 0.15) is 5.82 Å². The summed E-state index contributed by atoms with van der Waals surface area (Å²) >= 11 is 8.44. The van der Waals surface area contributed by atoms with Gasteiger partial charge in [-0.15, -0.1) is 27.1 Å². The van der Waals surface area contributed by atoms with Crippen LogP contribution in [-0.2, 0) is 4.79 Å². The molecule has 2 aromatic heterocycles. The first-order chi connectivity index (χ1) is 13.1. The third kappa shape index (κ3) is 4.10. The molecule has 10 heteroatoms. The number of carbonyl (C=O) groups is 1. The molecule has 0 unspecified atom stereocenters. The molecule has 6 nitrogen and oxygen atoms in total. The van der Waals surface area contributed by atoms with Crippen LogP contribution in [0.3, 0.4) is 0 Å². The number of amides is 1. The maximum Gasteiger partial charge on any atom is 0.236 e. The highest BCUT2D eigenvalue weighted by Gasteiger charge is 2.15. The number of thioether (sulfide) groups is 1. The topological polar surface area (TPSA) is 72.2 Å². The molecule has 0 radical (unpaired) electrons. The molecule has 0 aliphatic heterocycles. The summed E-state index contributed by atoms with van der Waals surface area (Å²) in [6, 6.07) is 13.3. The summed E-state index contributed by atoms with van der Waals surface area (Å²) in [5.41, 5.74) is 0.559. The highest BCUT2D eigenvalue weighted by atomic mass is 35.5. The highest BCUT2D eigenvalue weighted by Crippen LogP contribution is 2.25. The summed E-state index contributed by atoms with van der Waals surface area (Å²) in [6.45, 7) is 0. The molecule has 1 N–H and O–H groups in total. The van der Waals surface area contributed by atoms with E-state index in [-0.39, 0.29) is 17.5 Å². The van der Waals surface area contributed by atoms with Crippen molar-refractivity contribution in [3.05, 3.63) is 59.4 Å². The number of halogens is 2. The van der Waals surface area contributed by atoms with Gasteiger partial charge in [0.15, 0.2) is 5.82 Å². The largest absolute Gasteiger partial charge is 0.300 e. The van der Waals surface area contributed by atoms with Gasteiger partial charge in [0.05, 0.1) is 5.75 Å². The molecule has 0 spiro atoms. The molecule has 0 fully saturated rings. The Hall–Kier alpha value is -2.49. The van der Waals surface area contributed by atoms with Crippen LogP contribution >= 0.6 is 34.7 Å². The minimum absolute atomic E-state index is 0.188. The summed E-state index contributed by atoms with van der Waals surface area (Å²) in [5, 5.41) is 16.2. The van der Waals surface area contributed by atoms with Crippen molar-refractivity contribution in [2.24, 2.45) is 0 Å². The first-order valence-electron chi connectivity index (χ1n) is 7.75. The van der Waals surface area contributed by atoms with E-state index < -0.39 is 0 Å². The van der Waals surface area contributed by atoms with E-state index in [0.717, 1.165) is 4.90 Å². The number of rotatable bonds is 5. The van der Waals surface area contributed by atoms with Gasteiger partial charge in [-0.25, -0.2) is 4.39 Å². The summed E-state index contributed by atoms with van der Waals surface area (Å²) in [7, 11) is 0. The Kier molecular flexibility index (Phi) is 5.06. The molecule has 2 heterocycles. The number of hydrogen-bond donors (Lipinski definition) is 1. The van der Waals surface area contributed by atoms with Crippen LogP contribution in [-0.4, -0.2) is 31.5 Å². The molecule has 0 saturated carbocycles. The maximum absolute atomic E-state index is 13.4. The Morgan fingerprint density at radius 1 is 1.22 bits per heavy atom. The van der Waals surface area contributed by atoms with Crippen LogP contribution in [0.15, 0.2) is 53.4 Å². The standard InChI is InChI=1S/C17H11ClFN5OS2/c18-11-4-6-13(7-5-11)26-9-14(25)20-16-23-24-15(21-22-17(24)27-16)10-2-1-3-12(19)8-10/h1-8H,9H2,(H,20,23,25). The van der Waals surface area contributed by atoms with Crippen LogP contribution in [0.25, 0.3) is 16.3 Å². The molecule has 136 valence electrons. The number of nitrogens with one attached hydrogen (secondary N) is 1. The highest BCUT2D eigenvalue weighted by molar-refractivity contribution is 8.00. The Bertz CT molecular complexity index is 1110. The molecular formula is C17H11ClFN5OS2. The fourth-order valence-corrected chi connectivity index (χ4v) is 3.89. The molecule has 2 aromatic carbocycles. The van der Waals surface area contributed by atoms with Crippen LogP contribution in [0.2, 0.25) is 5.02 Å². The second-order valence-electron chi connectivity index (χ2n) is 5.43. The van der Waals surface area contributed by atoms with Crippen LogP contribution in [0.1, 0.15) is 0 Å². The summed E-state index contributed by atoms with van der Waals surface area (Å²) in [6.07, 6.45) is 0. The number of anilines is 1. The van der Waals surface area contributed by atoms with E-state index in [2.05, 4.69) is 20.6 Å². The van der Waals surface area contributed by atoms with Crippen LogP contribution < -0.4 is 5.32 Å². The number of benzene rings is 2. The monoisotopic (exact) mass is 419 g/mol. The van der Waals surface area contributed by atoms with Crippen LogP contribution in [0, 0.1) is 5.82 Å². The first-order valence-corrected chi connectivity index (χ1v) is 9.93. The van der Waals surface area contributed by atoms with Gasteiger partial charge < -0.3 is 0 Å². The molecule has 27 heavy (non-hydrogen) atoms. The maximum atomic E-state index is 13.4. The van der Waals surface area contributed by atoms with Gasteiger partial charge in [0, 0.05) is 15.5 Å². The Morgan fingerprint density at radius 3 is 2.81 bits per heavy atom. The average Bonchev–Trinajstić information content (AvgIpc) is 3.21. The number of aromatic nitrogens is 4. The number of hydrogen-bond acceptors (Lipinski definition) is 6. The van der Waals surface area contributed by atoms with Gasteiger partial charge in [0.25, 0.3) is 0 Å². The predicted molar refractivity (Wildman–Crippen MR) is 105 cm³/mol. The van der Waals surface area contributed by atoms with Gasteiger partial charge >= 0.3 is 0 Å². The SMILES string of the molecule is O=C(CSc1ccc(Cl)cc1)Nc1nn2c(-c3cccc(F)c3)nnc2s1. The van der Waals surface area contributed by atoms with Crippen molar-refractivity contribution < 1.29 is 9.18 Å². The van der Waals surface area contributed by atoms with Gasteiger partial charge in [0.2, 0.25) is 16.0 Å². The molecule has 4 rings (SSSR count). The van der Waals surface area contributed by atoms with Gasteiger partial charge in [-0.05, 0) is 36.4 Å². The van der Waals surface area contributed by atoms with Crippen molar-refractivity contribution in [2.45, 2.75) is 4.90 Å². The second-order valence-corrected chi connectivity index (χ2v) is 7.87. The minimum atomic E-state index is -0.368. The van der Waals surface area contributed by atoms with E-state index >= 15 is 0 Å². The number of carbonyl (C=O) groups excluding carboxylic acids is 1. The molecule has 0 saturated heterocycles. The molecular weight excluding hydrogens is 409 g/mol. The van der Waals surface area contributed by atoms with E-state index in [1.807, 2.05) is 12.1 Å². The van der Waals surface area contributed by atoms with Gasteiger partial charge in [-0.2, -0.15) is 4.52 Å². The fourth-order valence-electron chi connectivity index (χ4n) is 2.31. The van der Waals surface area contributed by atoms with Crippen molar-refractivity contribution in [2.75, 3.05) is 11.1 Å². The number of fused-ring (bicyclic) bond motifs is 1. The minimum Gasteiger partial charge on any atom is -0.300 e. The van der Waals surface area contributed by atoms with Crippen molar-refractivity contribution >= 4 is 50.7 Å². The molecule has 0 aliphatic rings. The lowest BCUT2D eigenvalue weighted by molar-refractivity contribution is -0.113. The summed E-state index contributed by atoms with van der Waals surface area (Å²) < 4.78 is 14.9. The summed E-state index contributed by atoms with van der Waals surface area (Å²) in [5.74, 6) is 0.0923. The second kappa shape index (κ2) is 7.63. The predicted octanol–water partition coefficient (Wildman–Crippen LogP) is 4.38. The smallest absolute Gasteiger partial charge is 0.236 e. The lowest BCUT2D eigenvalue weighted by atomic mass is 10.2. The Morgan fingerprint density at radius 2 is 2.04 bits per heavy atom. The lowest BCUT2D eigenvalue weighted by Gasteiger charge is -2.02. The summed E-state index contributed by atoms with van der Waals surface area (Å²) in [4.78, 5) is 13.6. The number of nitrogens with zero attached hydrogens (tertiary/aromatic N) is 4. The van der Waals surface area contributed by atoms with Crippen molar-refractivity contribution in [1.82, 2.24) is 19.8 Å². The molecule has 1 amide bonds. The quantitative estimate of drug-likeness (QED) is 0.486. The first kappa shape index (κ1) is 17.9. The van der Waals surface area contributed by atoms with Gasteiger partial charge in [-0.1, -0.05) is 35.1 Å². The molecule has 4 aromatic rings. The van der Waals surface area contributed by atoms with E-state index in [1.54, 1.807) is 24.3 Å². The van der Waals surface area contributed by atoms with Crippen molar-refractivity contribution in [3.8, 4) is 11.4 Å². The van der Waals surface area contributed by atoms with Gasteiger partial charge in [-0.3, -0.25) is 10.1 Å².